The lowest BCUT2D eigenvalue weighted by atomic mass is 10.1. The molecular formula is C19H19N7. The fourth-order valence-corrected chi connectivity index (χ4v) is 3.17. The molecule has 130 valence electrons. The molecule has 7 heteroatoms. The highest BCUT2D eigenvalue weighted by Crippen LogP contribution is 2.22. The van der Waals surface area contributed by atoms with Gasteiger partial charge in [0, 0.05) is 32.4 Å². The molecule has 0 radical (unpaired) electrons. The second-order valence-corrected chi connectivity index (χ2v) is 6.25. The Hall–Kier alpha value is -3.40. The van der Waals surface area contributed by atoms with E-state index in [1.54, 1.807) is 4.68 Å². The molecule has 0 saturated carbocycles. The van der Waals surface area contributed by atoms with Gasteiger partial charge in [-0.1, -0.05) is 12.1 Å². The Morgan fingerprint density at radius 1 is 0.885 bits per heavy atom. The molecule has 1 fully saturated rings. The lowest BCUT2D eigenvalue weighted by molar-refractivity contribution is 0.641. The molecule has 3 aromatic rings. The first-order valence-electron chi connectivity index (χ1n) is 8.60. The molecule has 1 saturated heterocycles. The molecule has 0 spiro atoms. The van der Waals surface area contributed by atoms with E-state index in [-0.39, 0.29) is 0 Å². The Morgan fingerprint density at radius 2 is 1.58 bits per heavy atom. The van der Waals surface area contributed by atoms with Crippen molar-refractivity contribution in [1.29, 1.82) is 5.26 Å². The van der Waals surface area contributed by atoms with Crippen LogP contribution in [0.5, 0.6) is 0 Å². The van der Waals surface area contributed by atoms with Crippen molar-refractivity contribution in [3.05, 3.63) is 59.9 Å². The fraction of sp³-hybridized carbons (Fsp3) is 0.263. The number of benzene rings is 1. The summed E-state index contributed by atoms with van der Waals surface area (Å²) in [6, 6.07) is 15.9. The lowest BCUT2D eigenvalue weighted by Crippen LogP contribution is -2.47. The van der Waals surface area contributed by atoms with Gasteiger partial charge in [-0.25, -0.2) is 4.68 Å². The lowest BCUT2D eigenvalue weighted by Gasteiger charge is -2.36. The van der Waals surface area contributed by atoms with Crippen molar-refractivity contribution in [2.24, 2.45) is 0 Å². The molecule has 0 aliphatic carbocycles. The second-order valence-electron chi connectivity index (χ2n) is 6.25. The van der Waals surface area contributed by atoms with Crippen molar-refractivity contribution >= 4 is 11.5 Å². The summed E-state index contributed by atoms with van der Waals surface area (Å²) in [5.74, 6) is 1.58. The van der Waals surface area contributed by atoms with Crippen molar-refractivity contribution in [2.45, 2.75) is 6.92 Å². The summed E-state index contributed by atoms with van der Waals surface area (Å²) in [6.45, 7) is 5.33. The number of piperazine rings is 1. The van der Waals surface area contributed by atoms with E-state index in [0.29, 0.717) is 5.82 Å². The standard InChI is InChI=1S/C19H19N7/c1-15-8-9-26(23-15)19-7-6-18(21-22-19)25-12-10-24(11-13-25)17-5-3-2-4-16(17)14-20/h2-9H,10-13H2,1H3. The Balaban J connectivity index is 1.44. The highest BCUT2D eigenvalue weighted by atomic mass is 15.4. The second kappa shape index (κ2) is 6.84. The predicted molar refractivity (Wildman–Crippen MR) is 99.5 cm³/mol. The number of aryl methyl sites for hydroxylation is 1. The maximum Gasteiger partial charge on any atom is 0.175 e. The maximum absolute atomic E-state index is 9.29. The Labute approximate surface area is 152 Å². The number of rotatable bonds is 3. The minimum atomic E-state index is 0.712. The molecule has 1 aliphatic heterocycles. The van der Waals surface area contributed by atoms with E-state index in [0.717, 1.165) is 48.9 Å². The van der Waals surface area contributed by atoms with Gasteiger partial charge in [0.25, 0.3) is 0 Å². The summed E-state index contributed by atoms with van der Waals surface area (Å²) in [4.78, 5) is 4.47. The van der Waals surface area contributed by atoms with Crippen LogP contribution in [0.1, 0.15) is 11.3 Å². The Kier molecular flexibility index (Phi) is 4.23. The van der Waals surface area contributed by atoms with Crippen molar-refractivity contribution in [1.82, 2.24) is 20.0 Å². The van der Waals surface area contributed by atoms with Crippen LogP contribution < -0.4 is 9.80 Å². The minimum Gasteiger partial charge on any atom is -0.367 e. The number of aromatic nitrogens is 4. The smallest absolute Gasteiger partial charge is 0.175 e. The average molecular weight is 345 g/mol. The van der Waals surface area contributed by atoms with Gasteiger partial charge in [0.1, 0.15) is 6.07 Å². The van der Waals surface area contributed by atoms with Crippen molar-refractivity contribution in [3.63, 3.8) is 0 Å². The van der Waals surface area contributed by atoms with Gasteiger partial charge in [-0.3, -0.25) is 0 Å². The van der Waals surface area contributed by atoms with Crippen LogP contribution in [0, 0.1) is 18.3 Å². The zero-order valence-corrected chi connectivity index (χ0v) is 14.6. The summed E-state index contributed by atoms with van der Waals surface area (Å²) < 4.78 is 1.73. The van der Waals surface area contributed by atoms with Gasteiger partial charge in [-0.05, 0) is 37.3 Å². The normalized spacial score (nSPS) is 14.3. The first kappa shape index (κ1) is 16.1. The zero-order valence-electron chi connectivity index (χ0n) is 14.6. The van der Waals surface area contributed by atoms with E-state index in [1.807, 2.05) is 55.6 Å². The van der Waals surface area contributed by atoms with Gasteiger partial charge >= 0.3 is 0 Å². The van der Waals surface area contributed by atoms with Gasteiger partial charge in [0.15, 0.2) is 11.6 Å². The molecular weight excluding hydrogens is 326 g/mol. The first-order valence-corrected chi connectivity index (χ1v) is 8.60. The highest BCUT2D eigenvalue weighted by molar-refractivity contribution is 5.60. The summed E-state index contributed by atoms with van der Waals surface area (Å²) in [5, 5.41) is 22.3. The van der Waals surface area contributed by atoms with Crippen LogP contribution in [-0.2, 0) is 0 Å². The zero-order chi connectivity index (χ0) is 17.9. The van der Waals surface area contributed by atoms with Crippen LogP contribution in [-0.4, -0.2) is 46.2 Å². The third-order valence-electron chi connectivity index (χ3n) is 4.56. The topological polar surface area (TPSA) is 73.9 Å². The molecule has 0 atom stereocenters. The molecule has 26 heavy (non-hydrogen) atoms. The highest BCUT2D eigenvalue weighted by Gasteiger charge is 2.20. The number of anilines is 2. The number of hydrogen-bond acceptors (Lipinski definition) is 6. The summed E-state index contributed by atoms with van der Waals surface area (Å²) in [7, 11) is 0. The van der Waals surface area contributed by atoms with Gasteiger partial charge in [-0.2, -0.15) is 10.4 Å². The monoisotopic (exact) mass is 345 g/mol. The third kappa shape index (κ3) is 3.09. The van der Waals surface area contributed by atoms with Gasteiger partial charge in [-0.15, -0.1) is 10.2 Å². The van der Waals surface area contributed by atoms with E-state index >= 15 is 0 Å². The molecule has 1 aliphatic rings. The molecule has 3 heterocycles. The van der Waals surface area contributed by atoms with Crippen molar-refractivity contribution in [2.75, 3.05) is 36.0 Å². The van der Waals surface area contributed by atoms with Crippen LogP contribution in [0.3, 0.4) is 0 Å². The van der Waals surface area contributed by atoms with Crippen molar-refractivity contribution < 1.29 is 0 Å². The largest absolute Gasteiger partial charge is 0.367 e. The van der Waals surface area contributed by atoms with Crippen LogP contribution in [0.2, 0.25) is 0 Å². The van der Waals surface area contributed by atoms with E-state index in [2.05, 4.69) is 31.2 Å². The predicted octanol–water partition coefficient (Wildman–Crippen LogP) is 2.17. The number of hydrogen-bond donors (Lipinski definition) is 0. The molecule has 0 bridgehead atoms. The average Bonchev–Trinajstić information content (AvgIpc) is 3.14. The van der Waals surface area contributed by atoms with Gasteiger partial charge in [0.05, 0.1) is 16.9 Å². The number of para-hydroxylation sites is 1. The maximum atomic E-state index is 9.29. The van der Waals surface area contributed by atoms with E-state index in [4.69, 9.17) is 0 Å². The summed E-state index contributed by atoms with van der Waals surface area (Å²) >= 11 is 0. The SMILES string of the molecule is Cc1ccn(-c2ccc(N3CCN(c4ccccc4C#N)CC3)nn2)n1. The first-order chi connectivity index (χ1) is 12.7. The minimum absolute atomic E-state index is 0.712. The van der Waals surface area contributed by atoms with E-state index in [9.17, 15) is 5.26 Å². The summed E-state index contributed by atoms with van der Waals surface area (Å²) in [6.07, 6.45) is 1.88. The Morgan fingerprint density at radius 3 is 2.23 bits per heavy atom. The van der Waals surface area contributed by atoms with E-state index < -0.39 is 0 Å². The molecule has 4 rings (SSSR count). The van der Waals surface area contributed by atoms with Crippen LogP contribution in [0.4, 0.5) is 11.5 Å². The van der Waals surface area contributed by atoms with Crippen LogP contribution >= 0.6 is 0 Å². The van der Waals surface area contributed by atoms with Crippen molar-refractivity contribution in [3.8, 4) is 11.9 Å². The number of nitrogens with zero attached hydrogens (tertiary/aromatic N) is 7. The van der Waals surface area contributed by atoms with Crippen LogP contribution in [0.25, 0.3) is 5.82 Å². The fourth-order valence-electron chi connectivity index (χ4n) is 3.17. The third-order valence-corrected chi connectivity index (χ3v) is 4.56. The van der Waals surface area contributed by atoms with Crippen LogP contribution in [0.15, 0.2) is 48.7 Å². The number of nitriles is 1. The van der Waals surface area contributed by atoms with Gasteiger partial charge < -0.3 is 9.80 Å². The molecule has 7 nitrogen and oxygen atoms in total. The quantitative estimate of drug-likeness (QED) is 0.724. The van der Waals surface area contributed by atoms with Gasteiger partial charge in [0.2, 0.25) is 0 Å². The molecule has 2 aromatic heterocycles. The molecule has 0 N–H and O–H groups in total. The Bertz CT molecular complexity index is 931. The molecule has 0 amide bonds. The summed E-state index contributed by atoms with van der Waals surface area (Å²) in [5.41, 5.74) is 2.68. The van der Waals surface area contributed by atoms with E-state index in [1.165, 1.54) is 0 Å². The molecule has 0 unspecified atom stereocenters. The molecule has 1 aromatic carbocycles.